The minimum atomic E-state index is -4.10. The predicted octanol–water partition coefficient (Wildman–Crippen LogP) is 4.90. The lowest BCUT2D eigenvalue weighted by Crippen LogP contribution is -2.63. The molecule has 0 heterocycles. The second-order valence-electron chi connectivity index (χ2n) is 14.6. The number of hydrogen-bond acceptors (Lipinski definition) is 10. The summed E-state index contributed by atoms with van der Waals surface area (Å²) in [6.07, 6.45) is 5.57. The van der Waals surface area contributed by atoms with Gasteiger partial charge >= 0.3 is 23.9 Å². The Hall–Kier alpha value is -2.21. The topological polar surface area (TPSA) is 160 Å². The van der Waals surface area contributed by atoms with Gasteiger partial charge in [0.15, 0.2) is 0 Å². The van der Waals surface area contributed by atoms with Crippen molar-refractivity contribution in [2.45, 2.75) is 124 Å². The Morgan fingerprint density at radius 3 is 2.18 bits per heavy atom. The number of rotatable bonds is 11. The third-order valence-electron chi connectivity index (χ3n) is 12.0. The van der Waals surface area contributed by atoms with Gasteiger partial charge < -0.3 is 18.9 Å². The van der Waals surface area contributed by atoms with Crippen LogP contribution in [0.25, 0.3) is 0 Å². The predicted molar refractivity (Wildman–Crippen MR) is 163 cm³/mol. The Kier molecular flexibility index (Phi) is 11.0. The van der Waals surface area contributed by atoms with Crippen LogP contribution in [0.2, 0.25) is 0 Å². The molecule has 4 aliphatic rings. The van der Waals surface area contributed by atoms with Gasteiger partial charge in [0, 0.05) is 38.5 Å². The highest BCUT2D eigenvalue weighted by Gasteiger charge is 2.67. The second kappa shape index (κ2) is 13.9. The number of esters is 4. The third kappa shape index (κ3) is 7.85. The molecule has 4 fully saturated rings. The highest BCUT2D eigenvalue weighted by molar-refractivity contribution is 7.85. The summed E-state index contributed by atoms with van der Waals surface area (Å²) in [7, 11) is -4.10. The molecule has 256 valence electrons. The molecule has 11 nitrogen and oxygen atoms in total. The zero-order valence-corrected chi connectivity index (χ0v) is 28.4. The van der Waals surface area contributed by atoms with E-state index in [1.54, 1.807) is 0 Å². The smallest absolute Gasteiger partial charge is 0.305 e. The zero-order chi connectivity index (χ0) is 33.3. The monoisotopic (exact) mass is 656 g/mol. The normalized spacial score (nSPS) is 38.1. The Bertz CT molecular complexity index is 1230. The first-order valence-corrected chi connectivity index (χ1v) is 18.2. The van der Waals surface area contributed by atoms with E-state index in [0.29, 0.717) is 19.3 Å². The molecule has 0 aliphatic heterocycles. The van der Waals surface area contributed by atoms with Gasteiger partial charge in [-0.1, -0.05) is 20.8 Å². The largest absolute Gasteiger partial charge is 0.466 e. The number of carbonyl (C=O) groups is 4. The standard InChI is InChI=1S/C33H52O11S/c1-19(8-11-30(37)41-14-7-15-45(38,39)40)25-9-10-26-31-27(18-29(33(25,26)6)44-22(4)36)32(5)13-12-24(42-20(2)34)16-23(32)17-28(31)43-21(3)35/h19,23-29,31H,7-18H2,1-6H3,(H,38,39,40)/t19-,23?,24?,25-,26+,27+,28?,29?,31+,32+,33-/m1/s1. The maximum Gasteiger partial charge on any atom is 0.305 e. The summed E-state index contributed by atoms with van der Waals surface area (Å²) in [6.45, 7) is 10.9. The lowest BCUT2D eigenvalue weighted by Gasteiger charge is -2.64. The Balaban J connectivity index is 1.56. The Morgan fingerprint density at radius 1 is 0.889 bits per heavy atom. The highest BCUT2D eigenvalue weighted by atomic mass is 32.2. The average Bonchev–Trinajstić information content (AvgIpc) is 3.27. The maximum atomic E-state index is 12.5. The fourth-order valence-corrected chi connectivity index (χ4v) is 10.6. The van der Waals surface area contributed by atoms with Gasteiger partial charge in [0.1, 0.15) is 18.3 Å². The van der Waals surface area contributed by atoms with Crippen molar-refractivity contribution >= 4 is 34.0 Å². The van der Waals surface area contributed by atoms with E-state index in [1.165, 1.54) is 20.8 Å². The molecule has 4 unspecified atom stereocenters. The van der Waals surface area contributed by atoms with E-state index in [4.69, 9.17) is 23.5 Å². The van der Waals surface area contributed by atoms with Crippen molar-refractivity contribution in [3.05, 3.63) is 0 Å². The molecule has 0 aromatic carbocycles. The summed E-state index contributed by atoms with van der Waals surface area (Å²) in [5.74, 6) is -0.918. The summed E-state index contributed by atoms with van der Waals surface area (Å²) in [6, 6.07) is 0. The lowest BCUT2D eigenvalue weighted by molar-refractivity contribution is -0.224. The molecular weight excluding hydrogens is 604 g/mol. The summed E-state index contributed by atoms with van der Waals surface area (Å²) in [5, 5.41) is 0. The molecule has 0 bridgehead atoms. The summed E-state index contributed by atoms with van der Waals surface area (Å²) < 4.78 is 53.9. The minimum Gasteiger partial charge on any atom is -0.466 e. The summed E-state index contributed by atoms with van der Waals surface area (Å²) >= 11 is 0. The van der Waals surface area contributed by atoms with E-state index in [-0.39, 0.29) is 102 Å². The molecule has 0 aromatic heterocycles. The van der Waals surface area contributed by atoms with Crippen molar-refractivity contribution in [3.8, 4) is 0 Å². The Morgan fingerprint density at radius 2 is 1.56 bits per heavy atom. The van der Waals surface area contributed by atoms with Crippen LogP contribution in [0.5, 0.6) is 0 Å². The Labute approximate surface area is 267 Å². The minimum absolute atomic E-state index is 0.0306. The maximum absolute atomic E-state index is 12.5. The van der Waals surface area contributed by atoms with Crippen molar-refractivity contribution in [1.82, 2.24) is 0 Å². The van der Waals surface area contributed by atoms with E-state index in [1.807, 2.05) is 0 Å². The molecular formula is C33H52O11S. The molecule has 4 saturated carbocycles. The average molecular weight is 657 g/mol. The summed E-state index contributed by atoms with van der Waals surface area (Å²) in [4.78, 5) is 49.2. The van der Waals surface area contributed by atoms with Crippen molar-refractivity contribution in [3.63, 3.8) is 0 Å². The van der Waals surface area contributed by atoms with Gasteiger partial charge in [-0.25, -0.2) is 0 Å². The number of ether oxygens (including phenoxy) is 4. The van der Waals surface area contributed by atoms with E-state index < -0.39 is 21.8 Å². The molecule has 45 heavy (non-hydrogen) atoms. The molecule has 0 saturated heterocycles. The van der Waals surface area contributed by atoms with Crippen LogP contribution >= 0.6 is 0 Å². The highest BCUT2D eigenvalue weighted by Crippen LogP contribution is 2.69. The van der Waals surface area contributed by atoms with E-state index in [0.717, 1.165) is 32.1 Å². The quantitative estimate of drug-likeness (QED) is 0.139. The van der Waals surface area contributed by atoms with Crippen molar-refractivity contribution in [1.29, 1.82) is 0 Å². The van der Waals surface area contributed by atoms with E-state index in [2.05, 4.69) is 20.8 Å². The van der Waals surface area contributed by atoms with E-state index >= 15 is 0 Å². The molecule has 0 amide bonds. The van der Waals surface area contributed by atoms with Gasteiger partial charge in [-0.15, -0.1) is 0 Å². The van der Waals surface area contributed by atoms with E-state index in [9.17, 15) is 27.6 Å². The fourth-order valence-electron chi connectivity index (χ4n) is 10.2. The molecule has 1 N–H and O–H groups in total. The van der Waals surface area contributed by atoms with Gasteiger partial charge in [0.05, 0.1) is 12.4 Å². The van der Waals surface area contributed by atoms with Crippen LogP contribution in [-0.2, 0) is 48.2 Å². The molecule has 0 spiro atoms. The van der Waals surface area contributed by atoms with Crippen LogP contribution < -0.4 is 0 Å². The van der Waals surface area contributed by atoms with Gasteiger partial charge in [0.25, 0.3) is 10.1 Å². The SMILES string of the molecule is CC(=O)OC1CC[C@@]2(C)C(C1)CC(OC(C)=O)[C@H]1[C@@H]3CC[C@H]([C@H](C)CCC(=O)OCCCS(=O)(=O)O)[C@@]3(C)C(OC(C)=O)C[C@@H]12. The first-order chi connectivity index (χ1) is 21.0. The lowest BCUT2D eigenvalue weighted by atomic mass is 9.43. The van der Waals surface area contributed by atoms with Crippen molar-refractivity contribution in [2.75, 3.05) is 12.4 Å². The van der Waals surface area contributed by atoms with Crippen LogP contribution in [0.3, 0.4) is 0 Å². The zero-order valence-electron chi connectivity index (χ0n) is 27.6. The van der Waals surface area contributed by atoms with Crippen LogP contribution in [0, 0.1) is 46.3 Å². The fraction of sp³-hybridized carbons (Fsp3) is 0.879. The van der Waals surface area contributed by atoms with Gasteiger partial charge in [-0.2, -0.15) is 8.42 Å². The number of hydrogen-bond donors (Lipinski definition) is 1. The van der Waals surface area contributed by atoms with Gasteiger partial charge in [0.2, 0.25) is 0 Å². The molecule has 4 rings (SSSR count). The molecule has 12 heteroatoms. The van der Waals surface area contributed by atoms with Crippen LogP contribution in [0.1, 0.15) is 106 Å². The van der Waals surface area contributed by atoms with Gasteiger partial charge in [-0.3, -0.25) is 23.7 Å². The number of carbonyl (C=O) groups excluding carboxylic acids is 4. The second-order valence-corrected chi connectivity index (χ2v) is 16.2. The molecule has 4 aliphatic carbocycles. The van der Waals surface area contributed by atoms with Crippen LogP contribution in [0.4, 0.5) is 0 Å². The number of fused-ring (bicyclic) bond motifs is 5. The first kappa shape index (κ1) is 35.6. The third-order valence-corrected chi connectivity index (χ3v) is 12.8. The molecule has 11 atom stereocenters. The van der Waals surface area contributed by atoms with Crippen LogP contribution in [-0.4, -0.2) is 67.5 Å². The van der Waals surface area contributed by atoms with Crippen molar-refractivity contribution in [2.24, 2.45) is 46.3 Å². The molecule has 0 radical (unpaired) electrons. The van der Waals surface area contributed by atoms with Crippen LogP contribution in [0.15, 0.2) is 0 Å². The molecule has 0 aromatic rings. The van der Waals surface area contributed by atoms with Crippen molar-refractivity contribution < 1.29 is 51.1 Å². The first-order valence-electron chi connectivity index (χ1n) is 16.6. The summed E-state index contributed by atoms with van der Waals surface area (Å²) in [5.41, 5.74) is -0.470. The van der Waals surface area contributed by atoms with Gasteiger partial charge in [-0.05, 0) is 92.8 Å².